The number of anilines is 1. The van der Waals surface area contributed by atoms with Crippen LogP contribution in [0.2, 0.25) is 0 Å². The van der Waals surface area contributed by atoms with E-state index in [4.69, 9.17) is 9.47 Å². The molecule has 0 aliphatic heterocycles. The van der Waals surface area contributed by atoms with Crippen LogP contribution in [0.15, 0.2) is 77.3 Å². The molecule has 0 aliphatic rings. The van der Waals surface area contributed by atoms with Crippen LogP contribution in [0, 0.1) is 0 Å². The van der Waals surface area contributed by atoms with Crippen LogP contribution in [0.1, 0.15) is 15.9 Å². The Morgan fingerprint density at radius 2 is 1.57 bits per heavy atom. The maximum Gasteiger partial charge on any atom is 0.262 e. The van der Waals surface area contributed by atoms with E-state index in [1.165, 1.54) is 0 Å². The topological polar surface area (TPSA) is 76.7 Å². The molecule has 0 saturated carbocycles. The maximum absolute atomic E-state index is 12.7. The minimum Gasteiger partial charge on any atom is -0.496 e. The average molecular weight is 469 g/mol. The number of hydrogen-bond acceptors (Lipinski definition) is 4. The minimum atomic E-state index is -0.318. The lowest BCUT2D eigenvalue weighted by Gasteiger charge is -2.13. The van der Waals surface area contributed by atoms with E-state index in [9.17, 15) is 9.59 Å². The molecule has 7 heteroatoms. The van der Waals surface area contributed by atoms with Crippen LogP contribution in [0.5, 0.6) is 11.5 Å². The first-order chi connectivity index (χ1) is 14.6. The Hall–Kier alpha value is -3.32. The predicted molar refractivity (Wildman–Crippen MR) is 119 cm³/mol. The molecule has 0 aromatic heterocycles. The molecule has 0 heterocycles. The van der Waals surface area contributed by atoms with Crippen molar-refractivity contribution in [3.8, 4) is 11.5 Å². The molecule has 0 bridgehead atoms. The van der Waals surface area contributed by atoms with E-state index in [0.717, 1.165) is 10.0 Å². The van der Waals surface area contributed by atoms with Crippen LogP contribution in [0.25, 0.3) is 0 Å². The van der Waals surface area contributed by atoms with Crippen molar-refractivity contribution in [2.24, 2.45) is 0 Å². The second kappa shape index (κ2) is 10.5. The van der Waals surface area contributed by atoms with Gasteiger partial charge in [0.05, 0.1) is 12.7 Å². The summed E-state index contributed by atoms with van der Waals surface area (Å²) in [6.45, 7) is 0.0914. The largest absolute Gasteiger partial charge is 0.496 e. The lowest BCUT2D eigenvalue weighted by Crippen LogP contribution is -2.25. The maximum atomic E-state index is 12.7. The fourth-order valence-electron chi connectivity index (χ4n) is 2.77. The lowest BCUT2D eigenvalue weighted by molar-refractivity contribution is -0.118. The van der Waals surface area contributed by atoms with E-state index in [-0.39, 0.29) is 18.4 Å². The standard InChI is InChI=1S/C23H21BrN2O4/c1-29-20-8-4-2-6-16(20)14-25-23(28)19-7-3-5-9-21(19)30-15-22(27)26-18-12-10-17(24)11-13-18/h2-13H,14-15H2,1H3,(H,25,28)(H,26,27). The average Bonchev–Trinajstić information content (AvgIpc) is 2.78. The fourth-order valence-corrected chi connectivity index (χ4v) is 3.04. The van der Waals surface area contributed by atoms with Crippen molar-refractivity contribution in [2.75, 3.05) is 19.0 Å². The highest BCUT2D eigenvalue weighted by molar-refractivity contribution is 9.10. The Kier molecular flexibility index (Phi) is 7.45. The highest BCUT2D eigenvalue weighted by Crippen LogP contribution is 2.20. The van der Waals surface area contributed by atoms with Crippen molar-refractivity contribution in [2.45, 2.75) is 6.54 Å². The number of benzene rings is 3. The van der Waals surface area contributed by atoms with E-state index >= 15 is 0 Å². The molecular formula is C23H21BrN2O4. The van der Waals surface area contributed by atoms with Gasteiger partial charge in [0.25, 0.3) is 11.8 Å². The van der Waals surface area contributed by atoms with Gasteiger partial charge in [-0.3, -0.25) is 9.59 Å². The third-order valence-electron chi connectivity index (χ3n) is 4.25. The van der Waals surface area contributed by atoms with Crippen molar-refractivity contribution in [1.29, 1.82) is 0 Å². The van der Waals surface area contributed by atoms with Crippen LogP contribution < -0.4 is 20.1 Å². The van der Waals surface area contributed by atoms with Gasteiger partial charge in [0, 0.05) is 22.3 Å². The SMILES string of the molecule is COc1ccccc1CNC(=O)c1ccccc1OCC(=O)Nc1ccc(Br)cc1. The molecule has 30 heavy (non-hydrogen) atoms. The van der Waals surface area contributed by atoms with Crippen LogP contribution in [0.3, 0.4) is 0 Å². The van der Waals surface area contributed by atoms with Gasteiger partial charge in [0.15, 0.2) is 6.61 Å². The summed E-state index contributed by atoms with van der Waals surface area (Å²) in [5, 5.41) is 5.61. The molecule has 2 N–H and O–H groups in total. The van der Waals surface area contributed by atoms with Gasteiger partial charge >= 0.3 is 0 Å². The van der Waals surface area contributed by atoms with Gasteiger partial charge in [-0.2, -0.15) is 0 Å². The van der Waals surface area contributed by atoms with Crippen LogP contribution in [0.4, 0.5) is 5.69 Å². The van der Waals surface area contributed by atoms with Crippen LogP contribution in [-0.2, 0) is 11.3 Å². The molecule has 0 aliphatic carbocycles. The summed E-state index contributed by atoms with van der Waals surface area (Å²) >= 11 is 3.35. The second-order valence-electron chi connectivity index (χ2n) is 6.33. The molecule has 0 atom stereocenters. The number of ether oxygens (including phenoxy) is 2. The zero-order valence-electron chi connectivity index (χ0n) is 16.4. The molecule has 3 rings (SSSR count). The van der Waals surface area contributed by atoms with Crippen molar-refractivity contribution in [3.63, 3.8) is 0 Å². The van der Waals surface area contributed by atoms with Gasteiger partial charge in [-0.05, 0) is 42.5 Å². The first-order valence-corrected chi connectivity index (χ1v) is 10.0. The number of methoxy groups -OCH3 is 1. The van der Waals surface area contributed by atoms with Crippen LogP contribution in [-0.4, -0.2) is 25.5 Å². The van der Waals surface area contributed by atoms with Gasteiger partial charge in [0.1, 0.15) is 11.5 Å². The number of para-hydroxylation sites is 2. The first-order valence-electron chi connectivity index (χ1n) is 9.24. The number of halogens is 1. The monoisotopic (exact) mass is 468 g/mol. The van der Waals surface area contributed by atoms with E-state index < -0.39 is 0 Å². The van der Waals surface area contributed by atoms with Gasteiger partial charge < -0.3 is 20.1 Å². The molecule has 0 radical (unpaired) electrons. The number of carbonyl (C=O) groups excluding carboxylic acids is 2. The number of rotatable bonds is 8. The third-order valence-corrected chi connectivity index (χ3v) is 4.78. The summed E-state index contributed by atoms with van der Waals surface area (Å²) < 4.78 is 11.8. The van der Waals surface area contributed by atoms with Crippen LogP contribution >= 0.6 is 15.9 Å². The van der Waals surface area contributed by atoms with Crippen molar-refractivity contribution in [1.82, 2.24) is 5.32 Å². The second-order valence-corrected chi connectivity index (χ2v) is 7.25. The van der Waals surface area contributed by atoms with Crippen molar-refractivity contribution >= 4 is 33.4 Å². The van der Waals surface area contributed by atoms with Gasteiger partial charge in [-0.1, -0.05) is 46.3 Å². The van der Waals surface area contributed by atoms with Crippen molar-refractivity contribution < 1.29 is 19.1 Å². The molecule has 2 amide bonds. The summed E-state index contributed by atoms with van der Waals surface area (Å²) in [4.78, 5) is 24.8. The summed E-state index contributed by atoms with van der Waals surface area (Å²) in [7, 11) is 1.59. The first kappa shape index (κ1) is 21.4. The Morgan fingerprint density at radius 3 is 2.30 bits per heavy atom. The Bertz CT molecular complexity index is 1020. The molecule has 6 nitrogen and oxygen atoms in total. The highest BCUT2D eigenvalue weighted by Gasteiger charge is 2.14. The molecule has 0 unspecified atom stereocenters. The zero-order chi connectivity index (χ0) is 21.3. The normalized spacial score (nSPS) is 10.2. The number of nitrogens with one attached hydrogen (secondary N) is 2. The summed E-state index contributed by atoms with van der Waals surface area (Å²) in [6, 6.07) is 21.5. The van der Waals surface area contributed by atoms with Gasteiger partial charge in [-0.15, -0.1) is 0 Å². The summed E-state index contributed by atoms with van der Waals surface area (Å²) in [5.41, 5.74) is 1.87. The number of hydrogen-bond donors (Lipinski definition) is 2. The molecular weight excluding hydrogens is 448 g/mol. The quantitative estimate of drug-likeness (QED) is 0.513. The zero-order valence-corrected chi connectivity index (χ0v) is 17.9. The summed E-state index contributed by atoms with van der Waals surface area (Å²) in [6.07, 6.45) is 0. The Balaban J connectivity index is 1.60. The van der Waals surface area contributed by atoms with Gasteiger partial charge in [0.2, 0.25) is 0 Å². The molecule has 3 aromatic carbocycles. The van der Waals surface area contributed by atoms with Crippen molar-refractivity contribution in [3.05, 3.63) is 88.4 Å². The summed E-state index contributed by atoms with van der Waals surface area (Å²) in [5.74, 6) is 0.416. The van der Waals surface area contributed by atoms with E-state index in [2.05, 4.69) is 26.6 Å². The van der Waals surface area contributed by atoms with E-state index in [1.54, 1.807) is 43.5 Å². The van der Waals surface area contributed by atoms with Gasteiger partial charge in [-0.25, -0.2) is 0 Å². The Labute approximate surface area is 183 Å². The molecule has 0 spiro atoms. The fraction of sp³-hybridized carbons (Fsp3) is 0.130. The highest BCUT2D eigenvalue weighted by atomic mass is 79.9. The third kappa shape index (κ3) is 5.84. The minimum absolute atomic E-state index is 0.215. The van der Waals surface area contributed by atoms with E-state index in [0.29, 0.717) is 29.3 Å². The van der Waals surface area contributed by atoms with E-state index in [1.807, 2.05) is 36.4 Å². The molecule has 0 fully saturated rings. The molecule has 3 aromatic rings. The Morgan fingerprint density at radius 1 is 0.900 bits per heavy atom. The number of carbonyl (C=O) groups is 2. The predicted octanol–water partition coefficient (Wildman–Crippen LogP) is 4.41. The molecule has 0 saturated heterocycles. The smallest absolute Gasteiger partial charge is 0.262 e. The number of amides is 2. The lowest BCUT2D eigenvalue weighted by atomic mass is 10.1. The molecule has 154 valence electrons.